The Labute approximate surface area is 106 Å². The monoisotopic (exact) mass is 271 g/mol. The zero-order valence-corrected chi connectivity index (χ0v) is 9.58. The molecule has 100 valence electrons. The number of aromatic nitrogens is 2. The first-order chi connectivity index (χ1) is 8.97. The first-order valence-electron chi connectivity index (χ1n) is 5.34. The third-order valence-electron chi connectivity index (χ3n) is 2.38. The molecule has 1 aromatic heterocycles. The summed E-state index contributed by atoms with van der Waals surface area (Å²) >= 11 is 0. The minimum Gasteiger partial charge on any atom is -0.377 e. The first-order valence-corrected chi connectivity index (χ1v) is 5.34. The summed E-state index contributed by atoms with van der Waals surface area (Å²) in [6.07, 6.45) is -3.06. The highest BCUT2D eigenvalue weighted by Gasteiger charge is 2.31. The van der Waals surface area contributed by atoms with E-state index in [4.69, 9.17) is 0 Å². The Morgan fingerprint density at radius 2 is 1.95 bits per heavy atom. The second kappa shape index (κ2) is 5.21. The van der Waals surface area contributed by atoms with Gasteiger partial charge in [-0.05, 0) is 30.3 Å². The Hall–Kier alpha value is -2.18. The first kappa shape index (κ1) is 13.3. The SMILES string of the molecule is Fc1cc(C(F)(F)F)ccc1NCc1cccnn1. The highest BCUT2D eigenvalue weighted by atomic mass is 19.4. The minimum absolute atomic E-state index is 0.0151. The van der Waals surface area contributed by atoms with Gasteiger partial charge in [-0.1, -0.05) is 0 Å². The van der Waals surface area contributed by atoms with Gasteiger partial charge in [0.2, 0.25) is 0 Å². The molecule has 0 amide bonds. The molecule has 0 aliphatic rings. The molecule has 1 N–H and O–H groups in total. The molecule has 0 unspecified atom stereocenters. The Bertz CT molecular complexity index is 555. The predicted molar refractivity (Wildman–Crippen MR) is 60.8 cm³/mol. The Morgan fingerprint density at radius 3 is 2.53 bits per heavy atom. The van der Waals surface area contributed by atoms with Gasteiger partial charge in [-0.2, -0.15) is 23.4 Å². The molecule has 0 saturated carbocycles. The van der Waals surface area contributed by atoms with E-state index in [1.54, 1.807) is 12.1 Å². The maximum Gasteiger partial charge on any atom is 0.416 e. The van der Waals surface area contributed by atoms with Crippen molar-refractivity contribution < 1.29 is 17.6 Å². The topological polar surface area (TPSA) is 37.8 Å². The van der Waals surface area contributed by atoms with Crippen LogP contribution in [0, 0.1) is 5.82 Å². The van der Waals surface area contributed by atoms with Crippen LogP contribution in [0.1, 0.15) is 11.3 Å². The van der Waals surface area contributed by atoms with Crippen LogP contribution in [0.15, 0.2) is 36.5 Å². The molecule has 19 heavy (non-hydrogen) atoms. The van der Waals surface area contributed by atoms with Gasteiger partial charge in [-0.15, -0.1) is 0 Å². The van der Waals surface area contributed by atoms with E-state index in [1.807, 2.05) is 0 Å². The Morgan fingerprint density at radius 1 is 1.16 bits per heavy atom. The number of rotatable bonds is 3. The van der Waals surface area contributed by atoms with Gasteiger partial charge in [0.15, 0.2) is 0 Å². The average Bonchev–Trinajstić information content (AvgIpc) is 2.37. The Balaban J connectivity index is 2.10. The highest BCUT2D eigenvalue weighted by Crippen LogP contribution is 2.31. The van der Waals surface area contributed by atoms with E-state index >= 15 is 0 Å². The van der Waals surface area contributed by atoms with Gasteiger partial charge < -0.3 is 5.32 Å². The smallest absolute Gasteiger partial charge is 0.377 e. The number of halogens is 4. The van der Waals surface area contributed by atoms with Gasteiger partial charge in [0, 0.05) is 6.20 Å². The van der Waals surface area contributed by atoms with Crippen LogP contribution in [-0.4, -0.2) is 10.2 Å². The van der Waals surface area contributed by atoms with Crippen molar-refractivity contribution in [2.75, 3.05) is 5.32 Å². The van der Waals surface area contributed by atoms with Crippen LogP contribution in [-0.2, 0) is 12.7 Å². The van der Waals surface area contributed by atoms with Crippen molar-refractivity contribution in [1.82, 2.24) is 10.2 Å². The van der Waals surface area contributed by atoms with E-state index in [1.165, 1.54) is 6.20 Å². The van der Waals surface area contributed by atoms with Crippen molar-refractivity contribution in [3.05, 3.63) is 53.6 Å². The van der Waals surface area contributed by atoms with E-state index in [0.29, 0.717) is 11.8 Å². The summed E-state index contributed by atoms with van der Waals surface area (Å²) in [7, 11) is 0. The van der Waals surface area contributed by atoms with E-state index in [0.717, 1.165) is 12.1 Å². The second-order valence-corrected chi connectivity index (χ2v) is 3.76. The molecule has 1 aromatic carbocycles. The lowest BCUT2D eigenvalue weighted by molar-refractivity contribution is -0.137. The zero-order chi connectivity index (χ0) is 13.9. The van der Waals surface area contributed by atoms with Crippen LogP contribution in [0.4, 0.5) is 23.2 Å². The van der Waals surface area contributed by atoms with E-state index in [2.05, 4.69) is 15.5 Å². The quantitative estimate of drug-likeness (QED) is 0.871. The average molecular weight is 271 g/mol. The lowest BCUT2D eigenvalue weighted by atomic mass is 10.2. The van der Waals surface area contributed by atoms with E-state index < -0.39 is 17.6 Å². The molecule has 3 nitrogen and oxygen atoms in total. The van der Waals surface area contributed by atoms with Crippen LogP contribution in [0.5, 0.6) is 0 Å². The Kier molecular flexibility index (Phi) is 3.64. The molecule has 0 radical (unpaired) electrons. The van der Waals surface area contributed by atoms with Crippen LogP contribution < -0.4 is 5.32 Å². The van der Waals surface area contributed by atoms with Gasteiger partial charge in [0.25, 0.3) is 0 Å². The summed E-state index contributed by atoms with van der Waals surface area (Å²) in [6.45, 7) is 0.177. The molecular weight excluding hydrogens is 262 g/mol. The van der Waals surface area contributed by atoms with Crippen molar-refractivity contribution in [3.63, 3.8) is 0 Å². The summed E-state index contributed by atoms with van der Waals surface area (Å²) in [5.41, 5.74) is -0.476. The van der Waals surface area contributed by atoms with Crippen LogP contribution in [0.3, 0.4) is 0 Å². The number of hydrogen-bond acceptors (Lipinski definition) is 3. The molecule has 0 fully saturated rings. The highest BCUT2D eigenvalue weighted by molar-refractivity contribution is 5.47. The van der Waals surface area contributed by atoms with Crippen molar-refractivity contribution in [1.29, 1.82) is 0 Å². The fraction of sp³-hybridized carbons (Fsp3) is 0.167. The number of nitrogens with one attached hydrogen (secondary N) is 1. The maximum atomic E-state index is 13.5. The standard InChI is InChI=1S/C12H9F4N3/c13-10-6-8(12(14,15)16)3-4-11(10)17-7-9-2-1-5-18-19-9/h1-6,17H,7H2. The number of nitrogens with zero attached hydrogens (tertiary/aromatic N) is 2. The molecule has 0 saturated heterocycles. The summed E-state index contributed by atoms with van der Waals surface area (Å²) in [5, 5.41) is 10.1. The molecule has 0 aliphatic heterocycles. The second-order valence-electron chi connectivity index (χ2n) is 3.76. The van der Waals surface area contributed by atoms with Crippen molar-refractivity contribution in [3.8, 4) is 0 Å². The van der Waals surface area contributed by atoms with Gasteiger partial charge in [-0.3, -0.25) is 0 Å². The lowest BCUT2D eigenvalue weighted by Crippen LogP contribution is -2.08. The number of alkyl halides is 3. The molecule has 0 bridgehead atoms. The van der Waals surface area contributed by atoms with Crippen molar-refractivity contribution in [2.24, 2.45) is 0 Å². The molecule has 2 aromatic rings. The van der Waals surface area contributed by atoms with Crippen LogP contribution in [0.25, 0.3) is 0 Å². The number of anilines is 1. The summed E-state index contributed by atoms with van der Waals surface area (Å²) < 4.78 is 50.5. The lowest BCUT2D eigenvalue weighted by Gasteiger charge is -2.10. The van der Waals surface area contributed by atoms with Crippen molar-refractivity contribution in [2.45, 2.75) is 12.7 Å². The fourth-order valence-electron chi connectivity index (χ4n) is 1.45. The van der Waals surface area contributed by atoms with Gasteiger partial charge in [0.1, 0.15) is 5.82 Å². The fourth-order valence-corrected chi connectivity index (χ4v) is 1.45. The summed E-state index contributed by atoms with van der Waals surface area (Å²) in [6, 6.07) is 5.66. The van der Waals surface area contributed by atoms with Gasteiger partial charge in [0.05, 0.1) is 23.5 Å². The molecule has 0 aliphatic carbocycles. The zero-order valence-electron chi connectivity index (χ0n) is 9.58. The molecule has 2 rings (SSSR count). The third-order valence-corrected chi connectivity index (χ3v) is 2.38. The summed E-state index contributed by atoms with van der Waals surface area (Å²) in [4.78, 5) is 0. The summed E-state index contributed by atoms with van der Waals surface area (Å²) in [5.74, 6) is -0.960. The normalized spacial score (nSPS) is 11.4. The van der Waals surface area contributed by atoms with E-state index in [9.17, 15) is 17.6 Å². The number of hydrogen-bond donors (Lipinski definition) is 1. The minimum atomic E-state index is -4.55. The van der Waals surface area contributed by atoms with Crippen molar-refractivity contribution >= 4 is 5.69 Å². The van der Waals surface area contributed by atoms with Gasteiger partial charge >= 0.3 is 6.18 Å². The molecule has 1 heterocycles. The molecule has 7 heteroatoms. The van der Waals surface area contributed by atoms with Gasteiger partial charge in [-0.25, -0.2) is 4.39 Å². The van der Waals surface area contributed by atoms with Crippen LogP contribution >= 0.6 is 0 Å². The third kappa shape index (κ3) is 3.40. The van der Waals surface area contributed by atoms with E-state index in [-0.39, 0.29) is 12.2 Å². The maximum absolute atomic E-state index is 13.5. The molecule has 0 spiro atoms. The predicted octanol–water partition coefficient (Wildman–Crippen LogP) is 3.25. The van der Waals surface area contributed by atoms with Crippen LogP contribution in [0.2, 0.25) is 0 Å². The molecular formula is C12H9F4N3. The largest absolute Gasteiger partial charge is 0.416 e. The molecule has 0 atom stereocenters. The number of benzene rings is 1.